The number of unbranched alkanes of at least 4 members (excludes halogenated alkanes) is 3. The Morgan fingerprint density at radius 3 is 2.44 bits per heavy atom. The minimum absolute atomic E-state index is 0.0784. The summed E-state index contributed by atoms with van der Waals surface area (Å²) in [6.45, 7) is 8.71. The van der Waals surface area contributed by atoms with E-state index in [2.05, 4.69) is 15.9 Å². The number of ether oxygens (including phenoxy) is 3. The highest BCUT2D eigenvalue weighted by Crippen LogP contribution is 2.37. The molecule has 1 aromatic rings. The van der Waals surface area contributed by atoms with E-state index in [0.29, 0.717) is 16.7 Å². The molecule has 1 saturated heterocycles. The van der Waals surface area contributed by atoms with Gasteiger partial charge in [0.15, 0.2) is 12.2 Å². The maximum atomic E-state index is 13.6. The molecule has 10 heteroatoms. The molecule has 1 aliphatic heterocycles. The molecule has 1 aliphatic rings. The lowest BCUT2D eigenvalue weighted by Gasteiger charge is -2.33. The average Bonchev–Trinajstić information content (AvgIpc) is 3.22. The molecule has 9 nitrogen and oxygen atoms in total. The van der Waals surface area contributed by atoms with Gasteiger partial charge in [0.25, 0.3) is 5.91 Å². The van der Waals surface area contributed by atoms with Crippen molar-refractivity contribution in [3.8, 4) is 0 Å². The molecule has 1 N–H and O–H groups in total. The molecule has 0 radical (unpaired) electrons. The number of imide groups is 1. The molecule has 34 heavy (non-hydrogen) atoms. The Balaban J connectivity index is 2.32. The monoisotopic (exact) mass is 545 g/mol. The Bertz CT molecular complexity index is 865. The number of aryl methyl sites for hydroxylation is 1. The van der Waals surface area contributed by atoms with E-state index in [0.717, 1.165) is 30.6 Å². The van der Waals surface area contributed by atoms with Gasteiger partial charge in [-0.1, -0.05) is 26.7 Å². The molecule has 2 rings (SSSR count). The van der Waals surface area contributed by atoms with Gasteiger partial charge in [0.2, 0.25) is 0 Å². The van der Waals surface area contributed by atoms with Crippen LogP contribution in [0.2, 0.25) is 0 Å². The Kier molecular flexibility index (Phi) is 10.1. The van der Waals surface area contributed by atoms with Crippen LogP contribution >= 0.6 is 15.9 Å². The number of carbonyl (C=O) groups is 3. The minimum Gasteiger partial charge on any atom is -0.461 e. The summed E-state index contributed by atoms with van der Waals surface area (Å²) in [5.74, 6) is -0.477. The molecule has 1 fully saturated rings. The number of amides is 2. The van der Waals surface area contributed by atoms with Gasteiger partial charge in [0.1, 0.15) is 17.1 Å². The molecule has 0 saturated carbocycles. The standard InChI is InChI=1S/C24H36BrNO8/c1-14(2)21-24(4,5)34-23(30)26(21)22(29)20(31-6)19(32-15(3)28)18-13-16(25)17(33-18)11-9-7-8-10-12-27/h13-14,19-21,27H,7-12H2,1-6H3. The molecule has 0 aromatic carbocycles. The van der Waals surface area contributed by atoms with Gasteiger partial charge in [-0.25, -0.2) is 9.69 Å². The van der Waals surface area contributed by atoms with Gasteiger partial charge in [-0.05, 0) is 54.6 Å². The summed E-state index contributed by atoms with van der Waals surface area (Å²) in [4.78, 5) is 39.3. The number of nitrogens with zero attached hydrogens (tertiary/aromatic N) is 1. The maximum absolute atomic E-state index is 13.6. The van der Waals surface area contributed by atoms with Crippen LogP contribution in [0.3, 0.4) is 0 Å². The van der Waals surface area contributed by atoms with Gasteiger partial charge in [0.05, 0.1) is 10.5 Å². The van der Waals surface area contributed by atoms with Crippen LogP contribution < -0.4 is 0 Å². The molecule has 2 amide bonds. The van der Waals surface area contributed by atoms with E-state index in [1.165, 1.54) is 14.0 Å². The van der Waals surface area contributed by atoms with Crippen LogP contribution in [0.4, 0.5) is 4.79 Å². The Hall–Kier alpha value is -1.91. The first-order chi connectivity index (χ1) is 15.9. The third-order valence-electron chi connectivity index (χ3n) is 5.84. The first-order valence-electron chi connectivity index (χ1n) is 11.6. The predicted molar refractivity (Wildman–Crippen MR) is 127 cm³/mol. The molecule has 192 valence electrons. The highest BCUT2D eigenvalue weighted by Gasteiger charge is 2.54. The quantitative estimate of drug-likeness (QED) is 0.300. The van der Waals surface area contributed by atoms with Crippen molar-refractivity contribution < 1.29 is 38.1 Å². The normalized spacial score (nSPS) is 19.3. The lowest BCUT2D eigenvalue weighted by molar-refractivity contribution is -0.165. The highest BCUT2D eigenvalue weighted by atomic mass is 79.9. The lowest BCUT2D eigenvalue weighted by Crippen LogP contribution is -2.52. The minimum atomic E-state index is -1.32. The summed E-state index contributed by atoms with van der Waals surface area (Å²) in [7, 11) is 1.32. The fraction of sp³-hybridized carbons (Fsp3) is 0.708. The first-order valence-corrected chi connectivity index (χ1v) is 12.4. The number of carbonyl (C=O) groups excluding carboxylic acids is 3. The lowest BCUT2D eigenvalue weighted by atomic mass is 9.88. The number of esters is 1. The molecular weight excluding hydrogens is 510 g/mol. The third-order valence-corrected chi connectivity index (χ3v) is 6.51. The number of hydrogen-bond acceptors (Lipinski definition) is 8. The SMILES string of the molecule is COC(C(=O)N1C(=O)OC(C)(C)C1C(C)C)C(OC(C)=O)c1cc(Br)c(CCCCCCO)o1. The molecule has 0 bridgehead atoms. The second kappa shape index (κ2) is 12.2. The van der Waals surface area contributed by atoms with E-state index < -0.39 is 41.8 Å². The largest absolute Gasteiger partial charge is 0.461 e. The van der Waals surface area contributed by atoms with Crippen molar-refractivity contribution in [3.63, 3.8) is 0 Å². The van der Waals surface area contributed by atoms with Gasteiger partial charge in [-0.2, -0.15) is 0 Å². The Labute approximate surface area is 209 Å². The summed E-state index contributed by atoms with van der Waals surface area (Å²) in [6.07, 6.45) is 0.802. The van der Waals surface area contributed by atoms with E-state index in [4.69, 9.17) is 23.7 Å². The molecule has 0 spiro atoms. The number of aliphatic hydroxyl groups excluding tert-OH is 1. The summed E-state index contributed by atoms with van der Waals surface area (Å²) in [5.41, 5.74) is -0.882. The molecule has 3 unspecified atom stereocenters. The maximum Gasteiger partial charge on any atom is 0.417 e. The topological polar surface area (TPSA) is 116 Å². The molecule has 0 aliphatic carbocycles. The number of furan rings is 1. The molecule has 2 heterocycles. The zero-order chi connectivity index (χ0) is 25.6. The fourth-order valence-electron chi connectivity index (χ4n) is 4.51. The smallest absolute Gasteiger partial charge is 0.417 e. The number of aliphatic hydroxyl groups is 1. The second-order valence-electron chi connectivity index (χ2n) is 9.36. The van der Waals surface area contributed by atoms with Crippen LogP contribution in [0.15, 0.2) is 15.0 Å². The van der Waals surface area contributed by atoms with Crippen molar-refractivity contribution in [1.29, 1.82) is 0 Å². The van der Waals surface area contributed by atoms with Crippen molar-refractivity contribution in [2.75, 3.05) is 13.7 Å². The number of cyclic esters (lactones) is 1. The van der Waals surface area contributed by atoms with Crippen molar-refractivity contribution in [1.82, 2.24) is 4.90 Å². The number of methoxy groups -OCH3 is 1. The van der Waals surface area contributed by atoms with E-state index in [9.17, 15) is 14.4 Å². The third kappa shape index (κ3) is 6.60. The Morgan fingerprint density at radius 1 is 1.24 bits per heavy atom. The summed E-state index contributed by atoms with van der Waals surface area (Å²) in [6, 6.07) is 1.13. The van der Waals surface area contributed by atoms with Crippen LogP contribution in [0.5, 0.6) is 0 Å². The van der Waals surface area contributed by atoms with E-state index in [1.54, 1.807) is 19.9 Å². The number of rotatable bonds is 12. The van der Waals surface area contributed by atoms with E-state index in [1.807, 2.05) is 13.8 Å². The first kappa shape index (κ1) is 28.3. The van der Waals surface area contributed by atoms with Crippen molar-refractivity contribution in [2.45, 2.75) is 90.6 Å². The number of halogens is 1. The van der Waals surface area contributed by atoms with Gasteiger partial charge in [-0.3, -0.25) is 9.59 Å². The molecular formula is C24H36BrNO8. The predicted octanol–water partition coefficient (Wildman–Crippen LogP) is 4.54. The van der Waals surface area contributed by atoms with Crippen molar-refractivity contribution in [3.05, 3.63) is 22.1 Å². The molecule has 3 atom stereocenters. The molecule has 1 aromatic heterocycles. The van der Waals surface area contributed by atoms with Gasteiger partial charge in [-0.15, -0.1) is 0 Å². The van der Waals surface area contributed by atoms with Crippen LogP contribution in [0.25, 0.3) is 0 Å². The van der Waals surface area contributed by atoms with Crippen LogP contribution in [0.1, 0.15) is 77.9 Å². The zero-order valence-electron chi connectivity index (χ0n) is 20.8. The highest BCUT2D eigenvalue weighted by molar-refractivity contribution is 9.10. The average molecular weight is 546 g/mol. The summed E-state index contributed by atoms with van der Waals surface area (Å²) >= 11 is 3.48. The zero-order valence-corrected chi connectivity index (χ0v) is 22.3. The Morgan fingerprint density at radius 2 is 1.88 bits per heavy atom. The van der Waals surface area contributed by atoms with Crippen LogP contribution in [-0.4, -0.2) is 59.4 Å². The van der Waals surface area contributed by atoms with Crippen LogP contribution in [0, 0.1) is 5.92 Å². The summed E-state index contributed by atoms with van der Waals surface area (Å²) < 4.78 is 23.1. The van der Waals surface area contributed by atoms with Crippen molar-refractivity contribution >= 4 is 33.9 Å². The summed E-state index contributed by atoms with van der Waals surface area (Å²) in [5, 5.41) is 8.91. The second-order valence-corrected chi connectivity index (χ2v) is 10.2. The van der Waals surface area contributed by atoms with Crippen LogP contribution in [-0.2, 0) is 30.2 Å². The fourth-order valence-corrected chi connectivity index (χ4v) is 5.02. The van der Waals surface area contributed by atoms with Gasteiger partial charge >= 0.3 is 12.1 Å². The van der Waals surface area contributed by atoms with Gasteiger partial charge in [0, 0.05) is 27.1 Å². The van der Waals surface area contributed by atoms with Gasteiger partial charge < -0.3 is 23.7 Å². The van der Waals surface area contributed by atoms with E-state index >= 15 is 0 Å². The van der Waals surface area contributed by atoms with Crippen molar-refractivity contribution in [2.24, 2.45) is 5.92 Å². The number of hydrogen-bond donors (Lipinski definition) is 1. The van der Waals surface area contributed by atoms with E-state index in [-0.39, 0.29) is 18.3 Å².